The summed E-state index contributed by atoms with van der Waals surface area (Å²) in [5.41, 5.74) is 4.37. The summed E-state index contributed by atoms with van der Waals surface area (Å²) in [6, 6.07) is 33.8. The second-order valence-electron chi connectivity index (χ2n) is 7.78. The molecule has 6 aromatic rings. The van der Waals surface area contributed by atoms with Crippen molar-refractivity contribution in [2.24, 2.45) is 0 Å². The van der Waals surface area contributed by atoms with Gasteiger partial charge in [0.05, 0.1) is 0 Å². The molecule has 0 saturated heterocycles. The number of nitrogens with zero attached hydrogens (tertiary/aromatic N) is 3. The van der Waals surface area contributed by atoms with Gasteiger partial charge >= 0.3 is 0 Å². The first-order valence-electron chi connectivity index (χ1n) is 10.5. The number of hydrogen-bond acceptors (Lipinski definition) is 4. The summed E-state index contributed by atoms with van der Waals surface area (Å²) in [6.07, 6.45) is 0. The van der Waals surface area contributed by atoms with Gasteiger partial charge in [-0.1, -0.05) is 72.8 Å². The second-order valence-corrected chi connectivity index (χ2v) is 8.87. The first-order valence-corrected chi connectivity index (χ1v) is 11.4. The third kappa shape index (κ3) is 3.35. The van der Waals surface area contributed by atoms with E-state index in [9.17, 15) is 0 Å². The van der Waals surface area contributed by atoms with Gasteiger partial charge in [-0.25, -0.2) is 15.0 Å². The van der Waals surface area contributed by atoms with Crippen molar-refractivity contribution in [1.82, 2.24) is 15.0 Å². The Morgan fingerprint density at radius 3 is 1.91 bits per heavy atom. The molecule has 0 radical (unpaired) electrons. The molecule has 4 aromatic carbocycles. The molecule has 152 valence electrons. The second kappa shape index (κ2) is 7.66. The lowest BCUT2D eigenvalue weighted by molar-refractivity contribution is 0.992. The predicted octanol–water partition coefficient (Wildman–Crippen LogP) is 7.55. The van der Waals surface area contributed by atoms with Gasteiger partial charge in [-0.15, -0.1) is 11.3 Å². The minimum atomic E-state index is 0.697. The Bertz CT molecular complexity index is 1570. The molecule has 0 aliphatic rings. The van der Waals surface area contributed by atoms with E-state index in [2.05, 4.69) is 101 Å². The molecule has 3 nitrogen and oxygen atoms in total. The van der Waals surface area contributed by atoms with Crippen molar-refractivity contribution in [3.05, 3.63) is 103 Å². The molecule has 0 amide bonds. The molecule has 0 fully saturated rings. The molecule has 2 heterocycles. The average molecular weight is 430 g/mol. The highest BCUT2D eigenvalue weighted by molar-refractivity contribution is 7.25. The molecule has 0 spiro atoms. The van der Waals surface area contributed by atoms with Crippen LogP contribution in [0.15, 0.2) is 97.1 Å². The lowest BCUT2D eigenvalue weighted by atomic mass is 10.0. The highest BCUT2D eigenvalue weighted by Gasteiger charge is 2.11. The molecule has 0 saturated carbocycles. The first-order chi connectivity index (χ1) is 15.7. The Morgan fingerprint density at radius 1 is 0.500 bits per heavy atom. The fraction of sp³-hybridized carbons (Fsp3) is 0.0357. The van der Waals surface area contributed by atoms with Gasteiger partial charge in [0.15, 0.2) is 11.6 Å². The van der Waals surface area contributed by atoms with Crippen molar-refractivity contribution < 1.29 is 0 Å². The van der Waals surface area contributed by atoms with E-state index in [1.165, 1.54) is 31.3 Å². The number of fused-ring (bicyclic) bond motifs is 3. The van der Waals surface area contributed by atoms with Crippen LogP contribution in [0.25, 0.3) is 54.1 Å². The molecule has 0 unspecified atom stereocenters. The highest BCUT2D eigenvalue weighted by Crippen LogP contribution is 2.36. The molecule has 0 N–H and O–H groups in total. The third-order valence-electron chi connectivity index (χ3n) is 5.63. The zero-order chi connectivity index (χ0) is 21.5. The summed E-state index contributed by atoms with van der Waals surface area (Å²) in [5, 5.41) is 2.52. The summed E-state index contributed by atoms with van der Waals surface area (Å²) in [5.74, 6) is 2.12. The summed E-state index contributed by atoms with van der Waals surface area (Å²) < 4.78 is 2.57. The maximum absolute atomic E-state index is 4.83. The zero-order valence-corrected chi connectivity index (χ0v) is 18.3. The van der Waals surface area contributed by atoms with Crippen molar-refractivity contribution in [1.29, 1.82) is 0 Å². The fourth-order valence-electron chi connectivity index (χ4n) is 4.05. The Hall–Kier alpha value is -3.89. The smallest absolute Gasteiger partial charge is 0.163 e. The fourth-order valence-corrected chi connectivity index (χ4v) is 5.13. The van der Waals surface area contributed by atoms with Gasteiger partial charge in [0.2, 0.25) is 0 Å². The predicted molar refractivity (Wildman–Crippen MR) is 134 cm³/mol. The molecule has 0 bridgehead atoms. The van der Waals surface area contributed by atoms with E-state index >= 15 is 0 Å². The van der Waals surface area contributed by atoms with Crippen molar-refractivity contribution in [2.45, 2.75) is 6.92 Å². The quantitative estimate of drug-likeness (QED) is 0.291. The van der Waals surface area contributed by atoms with Crippen LogP contribution in [0.2, 0.25) is 0 Å². The van der Waals surface area contributed by atoms with E-state index in [-0.39, 0.29) is 0 Å². The number of rotatable bonds is 3. The van der Waals surface area contributed by atoms with Crippen LogP contribution < -0.4 is 0 Å². The Labute approximate surface area is 190 Å². The van der Waals surface area contributed by atoms with E-state index in [0.29, 0.717) is 17.5 Å². The molecular formula is C28H19N3S. The van der Waals surface area contributed by atoms with Crippen LogP contribution in [0.3, 0.4) is 0 Å². The van der Waals surface area contributed by atoms with Crippen LogP contribution >= 0.6 is 11.3 Å². The molecule has 0 aliphatic carbocycles. The normalized spacial score (nSPS) is 11.3. The minimum Gasteiger partial charge on any atom is -0.213 e. The maximum Gasteiger partial charge on any atom is 0.163 e. The van der Waals surface area contributed by atoms with Gasteiger partial charge < -0.3 is 0 Å². The number of benzene rings is 4. The molecule has 2 aromatic heterocycles. The molecule has 4 heteroatoms. The van der Waals surface area contributed by atoms with Crippen LogP contribution in [0.4, 0.5) is 0 Å². The van der Waals surface area contributed by atoms with Crippen LogP contribution in [0.1, 0.15) is 5.82 Å². The Morgan fingerprint density at radius 2 is 1.09 bits per heavy atom. The monoisotopic (exact) mass is 429 g/mol. The lowest BCUT2D eigenvalue weighted by Crippen LogP contribution is -1.99. The van der Waals surface area contributed by atoms with E-state index in [1.807, 2.05) is 24.3 Å². The van der Waals surface area contributed by atoms with E-state index in [0.717, 1.165) is 11.1 Å². The van der Waals surface area contributed by atoms with Gasteiger partial charge in [0, 0.05) is 31.3 Å². The van der Waals surface area contributed by atoms with E-state index in [4.69, 9.17) is 4.98 Å². The van der Waals surface area contributed by atoms with E-state index < -0.39 is 0 Å². The van der Waals surface area contributed by atoms with Crippen molar-refractivity contribution in [3.63, 3.8) is 0 Å². The highest BCUT2D eigenvalue weighted by atomic mass is 32.1. The first kappa shape index (κ1) is 18.8. The van der Waals surface area contributed by atoms with Gasteiger partial charge in [-0.05, 0) is 42.3 Å². The van der Waals surface area contributed by atoms with Crippen molar-refractivity contribution in [2.75, 3.05) is 0 Å². The van der Waals surface area contributed by atoms with Gasteiger partial charge in [0.25, 0.3) is 0 Å². The topological polar surface area (TPSA) is 38.7 Å². The SMILES string of the molecule is Cc1nc(-c2ccc(-c3ccccc3)cc2)nc(-c2ccc3sc4ccccc4c3c2)n1. The third-order valence-corrected chi connectivity index (χ3v) is 6.78. The number of aromatic nitrogens is 3. The van der Waals surface area contributed by atoms with Crippen LogP contribution in [-0.4, -0.2) is 15.0 Å². The molecule has 0 atom stereocenters. The van der Waals surface area contributed by atoms with Gasteiger partial charge in [-0.2, -0.15) is 0 Å². The number of aryl methyl sites for hydroxylation is 1. The zero-order valence-electron chi connectivity index (χ0n) is 17.5. The van der Waals surface area contributed by atoms with Crippen LogP contribution in [0.5, 0.6) is 0 Å². The van der Waals surface area contributed by atoms with Crippen molar-refractivity contribution >= 4 is 31.5 Å². The van der Waals surface area contributed by atoms with Crippen molar-refractivity contribution in [3.8, 4) is 33.9 Å². The number of hydrogen-bond donors (Lipinski definition) is 0. The Balaban J connectivity index is 1.42. The van der Waals surface area contributed by atoms with Gasteiger partial charge in [-0.3, -0.25) is 0 Å². The van der Waals surface area contributed by atoms with Crippen LogP contribution in [0, 0.1) is 6.92 Å². The van der Waals surface area contributed by atoms with Gasteiger partial charge in [0.1, 0.15) is 5.82 Å². The summed E-state index contributed by atoms with van der Waals surface area (Å²) in [6.45, 7) is 1.92. The standard InChI is InChI=1S/C28H19N3S/c1-18-29-27(21-13-11-20(12-14-21)19-7-3-2-4-8-19)31-28(30-18)22-15-16-26-24(17-22)23-9-5-6-10-25(23)32-26/h2-17H,1H3. The maximum atomic E-state index is 4.83. The van der Waals surface area contributed by atoms with E-state index in [1.54, 1.807) is 0 Å². The minimum absolute atomic E-state index is 0.697. The molecule has 0 aliphatic heterocycles. The molecule has 32 heavy (non-hydrogen) atoms. The van der Waals surface area contributed by atoms with Crippen LogP contribution in [-0.2, 0) is 0 Å². The summed E-state index contributed by atoms with van der Waals surface area (Å²) >= 11 is 1.82. The molecule has 6 rings (SSSR count). The Kier molecular flexibility index (Phi) is 4.51. The largest absolute Gasteiger partial charge is 0.213 e. The summed E-state index contributed by atoms with van der Waals surface area (Å²) in [7, 11) is 0. The average Bonchev–Trinajstić information content (AvgIpc) is 3.22. The summed E-state index contributed by atoms with van der Waals surface area (Å²) in [4.78, 5) is 14.1. The lowest BCUT2D eigenvalue weighted by Gasteiger charge is -2.07. The molecular weight excluding hydrogens is 410 g/mol. The number of thiophene rings is 1.